The van der Waals surface area contributed by atoms with Gasteiger partial charge in [-0.2, -0.15) is 0 Å². The second-order valence-corrected chi connectivity index (χ2v) is 5.23. The van der Waals surface area contributed by atoms with E-state index < -0.39 is 12.0 Å². The lowest BCUT2D eigenvalue weighted by Gasteiger charge is -2.10. The molecule has 1 rings (SSSR count). The summed E-state index contributed by atoms with van der Waals surface area (Å²) in [6, 6.07) is 4.46. The Bertz CT molecular complexity index is 509. The zero-order valence-corrected chi connectivity index (χ0v) is 15.1. The van der Waals surface area contributed by atoms with Gasteiger partial charge < -0.3 is 10.5 Å². The molecule has 1 unspecified atom stereocenters. The van der Waals surface area contributed by atoms with Crippen LogP contribution in [0.5, 0.6) is 0 Å². The highest BCUT2D eigenvalue weighted by Gasteiger charge is 2.17. The quantitative estimate of drug-likeness (QED) is 0.585. The number of aromatic nitrogens is 1. The minimum atomic E-state index is -0.828. The fraction of sp³-hybridized carbons (Fsp3) is 0.412. The highest BCUT2D eigenvalue weighted by Crippen LogP contribution is 2.09. The lowest BCUT2D eigenvalue weighted by atomic mass is 10.1. The molecule has 0 aliphatic rings. The Labute approximate surface area is 143 Å². The zero-order valence-electron chi connectivity index (χ0n) is 13.4. The maximum Gasteiger partial charge on any atom is 0.329 e. The fourth-order valence-electron chi connectivity index (χ4n) is 1.73. The number of esters is 1. The second kappa shape index (κ2) is 11.2. The first-order valence-electron chi connectivity index (χ1n) is 7.13. The number of hydrogen-bond acceptors (Lipinski definition) is 4. The van der Waals surface area contributed by atoms with Gasteiger partial charge in [0.1, 0.15) is 12.6 Å². The van der Waals surface area contributed by atoms with E-state index in [9.17, 15) is 4.79 Å². The molecule has 4 nitrogen and oxygen atoms in total. The maximum atomic E-state index is 11.8. The highest BCUT2D eigenvalue weighted by molar-refractivity contribution is 8.93. The van der Waals surface area contributed by atoms with Crippen molar-refractivity contribution in [1.82, 2.24) is 4.98 Å². The molecule has 0 amide bonds. The molecule has 0 saturated heterocycles. The average molecular weight is 369 g/mol. The van der Waals surface area contributed by atoms with Crippen LogP contribution in [0.4, 0.5) is 0 Å². The highest BCUT2D eigenvalue weighted by atomic mass is 79.9. The van der Waals surface area contributed by atoms with Crippen LogP contribution in [0.2, 0.25) is 0 Å². The van der Waals surface area contributed by atoms with Crippen LogP contribution in [-0.2, 0) is 9.53 Å². The van der Waals surface area contributed by atoms with Crippen LogP contribution >= 0.6 is 17.0 Å². The molecule has 2 N–H and O–H groups in total. The molecule has 0 radical (unpaired) electrons. The van der Waals surface area contributed by atoms with Crippen molar-refractivity contribution >= 4 is 23.0 Å². The third kappa shape index (κ3) is 8.10. The SMILES string of the molecule is Br.CC(C)=CCC/C(C)=C/COC(=O)C(N)c1ccccn1. The number of allylic oxidation sites excluding steroid dienone is 3. The van der Waals surface area contributed by atoms with E-state index in [2.05, 4.69) is 24.9 Å². The Balaban J connectivity index is 0.00000441. The molecule has 0 bridgehead atoms. The smallest absolute Gasteiger partial charge is 0.329 e. The summed E-state index contributed by atoms with van der Waals surface area (Å²) in [7, 11) is 0. The van der Waals surface area contributed by atoms with Gasteiger partial charge in [-0.3, -0.25) is 4.98 Å². The predicted octanol–water partition coefficient (Wildman–Crippen LogP) is 3.90. The van der Waals surface area contributed by atoms with Gasteiger partial charge >= 0.3 is 5.97 Å². The van der Waals surface area contributed by atoms with Gasteiger partial charge in [0.05, 0.1) is 5.69 Å². The summed E-state index contributed by atoms with van der Waals surface area (Å²) < 4.78 is 5.16. The minimum absolute atomic E-state index is 0. The fourth-order valence-corrected chi connectivity index (χ4v) is 1.73. The van der Waals surface area contributed by atoms with E-state index in [1.807, 2.05) is 13.0 Å². The van der Waals surface area contributed by atoms with E-state index in [1.54, 1.807) is 24.4 Å². The number of halogens is 1. The lowest BCUT2D eigenvalue weighted by Crippen LogP contribution is -2.24. The van der Waals surface area contributed by atoms with Crippen LogP contribution < -0.4 is 5.73 Å². The van der Waals surface area contributed by atoms with E-state index in [0.717, 1.165) is 12.8 Å². The number of nitrogens with two attached hydrogens (primary N) is 1. The first kappa shape index (κ1) is 20.5. The van der Waals surface area contributed by atoms with Gasteiger partial charge in [-0.1, -0.05) is 23.3 Å². The topological polar surface area (TPSA) is 65.2 Å². The molecule has 22 heavy (non-hydrogen) atoms. The number of hydrogen-bond donors (Lipinski definition) is 1. The summed E-state index contributed by atoms with van der Waals surface area (Å²) >= 11 is 0. The maximum absolute atomic E-state index is 11.8. The second-order valence-electron chi connectivity index (χ2n) is 5.23. The Hall–Kier alpha value is -1.46. The molecule has 0 aliphatic heterocycles. The number of carbonyl (C=O) groups is 1. The molecule has 0 saturated carbocycles. The molecule has 1 aromatic rings. The van der Waals surface area contributed by atoms with Gasteiger partial charge in [-0.25, -0.2) is 4.79 Å². The predicted molar refractivity (Wildman–Crippen MR) is 94.9 cm³/mol. The summed E-state index contributed by atoms with van der Waals surface area (Å²) in [6.07, 6.45) is 7.69. The standard InChI is InChI=1S/C17H24N2O2.BrH/c1-13(2)7-6-8-14(3)10-12-21-17(20)16(18)15-9-4-5-11-19-15;/h4-5,7,9-11,16H,6,8,12,18H2,1-3H3;1H/b14-10+;. The molecule has 0 aliphatic carbocycles. The van der Waals surface area contributed by atoms with Gasteiger partial charge in [0, 0.05) is 6.20 Å². The molecule has 0 aromatic carbocycles. The van der Waals surface area contributed by atoms with Gasteiger partial charge in [-0.05, 0) is 51.8 Å². The molecule has 1 heterocycles. The van der Waals surface area contributed by atoms with E-state index in [-0.39, 0.29) is 23.6 Å². The Morgan fingerprint density at radius 2 is 2.05 bits per heavy atom. The van der Waals surface area contributed by atoms with E-state index in [1.165, 1.54) is 11.1 Å². The van der Waals surface area contributed by atoms with Gasteiger partial charge in [0.15, 0.2) is 0 Å². The van der Waals surface area contributed by atoms with Crippen LogP contribution in [0.25, 0.3) is 0 Å². The van der Waals surface area contributed by atoms with Crippen LogP contribution in [0.15, 0.2) is 47.7 Å². The van der Waals surface area contributed by atoms with Crippen molar-refractivity contribution in [3.8, 4) is 0 Å². The third-order valence-electron chi connectivity index (χ3n) is 3.01. The van der Waals surface area contributed by atoms with Crippen molar-refractivity contribution in [3.05, 3.63) is 53.4 Å². The zero-order chi connectivity index (χ0) is 15.7. The van der Waals surface area contributed by atoms with E-state index in [0.29, 0.717) is 5.69 Å². The van der Waals surface area contributed by atoms with Crippen LogP contribution in [-0.4, -0.2) is 17.6 Å². The van der Waals surface area contributed by atoms with E-state index >= 15 is 0 Å². The first-order chi connectivity index (χ1) is 10.0. The summed E-state index contributed by atoms with van der Waals surface area (Å²) in [5.74, 6) is -0.456. The lowest BCUT2D eigenvalue weighted by molar-refractivity contribution is -0.144. The van der Waals surface area contributed by atoms with Crippen molar-refractivity contribution in [2.45, 2.75) is 39.7 Å². The molecule has 0 spiro atoms. The molecule has 5 heteroatoms. The monoisotopic (exact) mass is 368 g/mol. The summed E-state index contributed by atoms with van der Waals surface area (Å²) in [5, 5.41) is 0. The molecule has 1 atom stereocenters. The number of ether oxygens (including phenoxy) is 1. The normalized spacial score (nSPS) is 12.1. The number of pyridine rings is 1. The number of nitrogens with zero attached hydrogens (tertiary/aromatic N) is 1. The Kier molecular flexibility index (Phi) is 10.4. The van der Waals surface area contributed by atoms with Crippen LogP contribution in [0.1, 0.15) is 45.3 Å². The van der Waals surface area contributed by atoms with Crippen molar-refractivity contribution in [3.63, 3.8) is 0 Å². The summed E-state index contributed by atoms with van der Waals surface area (Å²) in [5.41, 5.74) is 8.84. The molecule has 122 valence electrons. The van der Waals surface area contributed by atoms with Gasteiger partial charge in [0.25, 0.3) is 0 Å². The summed E-state index contributed by atoms with van der Waals surface area (Å²) in [4.78, 5) is 15.9. The summed E-state index contributed by atoms with van der Waals surface area (Å²) in [6.45, 7) is 6.45. The van der Waals surface area contributed by atoms with Crippen molar-refractivity contribution in [1.29, 1.82) is 0 Å². The molecule has 1 aromatic heterocycles. The molecular weight excluding hydrogens is 344 g/mol. The number of carbonyl (C=O) groups excluding carboxylic acids is 1. The molecule has 0 fully saturated rings. The Morgan fingerprint density at radius 3 is 2.64 bits per heavy atom. The van der Waals surface area contributed by atoms with Crippen molar-refractivity contribution in [2.75, 3.05) is 6.61 Å². The first-order valence-corrected chi connectivity index (χ1v) is 7.13. The third-order valence-corrected chi connectivity index (χ3v) is 3.01. The largest absolute Gasteiger partial charge is 0.460 e. The van der Waals surface area contributed by atoms with Gasteiger partial charge in [-0.15, -0.1) is 17.0 Å². The number of rotatable bonds is 7. The van der Waals surface area contributed by atoms with Gasteiger partial charge in [0.2, 0.25) is 0 Å². The van der Waals surface area contributed by atoms with Crippen LogP contribution in [0.3, 0.4) is 0 Å². The average Bonchev–Trinajstić information content (AvgIpc) is 2.46. The minimum Gasteiger partial charge on any atom is -0.460 e. The van der Waals surface area contributed by atoms with Crippen molar-refractivity contribution < 1.29 is 9.53 Å². The van der Waals surface area contributed by atoms with E-state index in [4.69, 9.17) is 10.5 Å². The molecular formula is C17H25BrN2O2. The Morgan fingerprint density at radius 1 is 1.32 bits per heavy atom. The van der Waals surface area contributed by atoms with Crippen molar-refractivity contribution in [2.24, 2.45) is 5.73 Å². The van der Waals surface area contributed by atoms with Crippen LogP contribution in [0, 0.1) is 0 Å².